The Balaban J connectivity index is 2.32. The summed E-state index contributed by atoms with van der Waals surface area (Å²) in [5.41, 5.74) is 26.7. The molecule has 290 valence electrons. The molecule has 6 atom stereocenters. The lowest BCUT2D eigenvalue weighted by Crippen LogP contribution is -2.60. The summed E-state index contributed by atoms with van der Waals surface area (Å²) in [5.74, 6) is -8.78. The Morgan fingerprint density at radius 1 is 0.731 bits per heavy atom. The Morgan fingerprint density at radius 2 is 1.23 bits per heavy atom. The first-order valence-corrected chi connectivity index (χ1v) is 17.1. The zero-order chi connectivity index (χ0) is 39.1. The number of rotatable bonds is 20. The van der Waals surface area contributed by atoms with E-state index in [0.717, 1.165) is 0 Å². The van der Waals surface area contributed by atoms with Gasteiger partial charge in [0.2, 0.25) is 47.3 Å². The number of thiol groups is 1. The van der Waals surface area contributed by atoms with E-state index in [1.165, 1.54) is 9.80 Å². The molecule has 0 aromatic carbocycles. The molecule has 2 saturated heterocycles. The fourth-order valence-electron chi connectivity index (χ4n) is 5.81. The maximum absolute atomic E-state index is 14.0. The van der Waals surface area contributed by atoms with Crippen LogP contribution in [0.1, 0.15) is 51.4 Å². The lowest BCUT2D eigenvalue weighted by molar-refractivity contribution is -0.152. The number of nitrogens with one attached hydrogen (secondary N) is 4. The summed E-state index contributed by atoms with van der Waals surface area (Å²) in [5, 5.41) is 18.9. The highest BCUT2D eigenvalue weighted by molar-refractivity contribution is 7.80. The maximum atomic E-state index is 14.0. The quantitative estimate of drug-likeness (QED) is 0.0239. The van der Waals surface area contributed by atoms with Gasteiger partial charge < -0.3 is 64.8 Å². The molecule has 2 aliphatic rings. The van der Waals surface area contributed by atoms with E-state index < -0.39 is 109 Å². The number of amides is 8. The summed E-state index contributed by atoms with van der Waals surface area (Å²) in [6, 6.07) is -8.09. The van der Waals surface area contributed by atoms with E-state index in [9.17, 15) is 48.3 Å². The summed E-state index contributed by atoms with van der Waals surface area (Å²) >= 11 is 4.00. The van der Waals surface area contributed by atoms with Gasteiger partial charge in [-0.05, 0) is 38.5 Å². The number of carboxylic acid groups (broad SMARTS) is 1. The number of likely N-dealkylation sites (tertiary alicyclic amines) is 2. The molecule has 0 aromatic heterocycles. The molecular weight excluding hydrogens is 708 g/mol. The summed E-state index contributed by atoms with van der Waals surface area (Å²) < 4.78 is 0. The SMILES string of the molecule is NCC(=O)N[C@@H](CS)C(=O)N[C@@H](CC(N)=O)C(=O)N[C@@H](CC(N)=O)C(=O)N[C@@H](CCCN=C(N)N)C(=O)N1CCC[C@H]1C(=O)N1CCC[C@H]1C(=O)O. The van der Waals surface area contributed by atoms with Crippen molar-refractivity contribution in [2.45, 2.75) is 87.6 Å². The van der Waals surface area contributed by atoms with Crippen LogP contribution in [0.15, 0.2) is 4.99 Å². The molecule has 2 rings (SSSR count). The number of carbonyl (C=O) groups excluding carboxylic acids is 8. The van der Waals surface area contributed by atoms with E-state index >= 15 is 0 Å². The monoisotopic (exact) mass is 756 g/mol. The van der Waals surface area contributed by atoms with Crippen LogP contribution < -0.4 is 49.9 Å². The number of nitrogens with zero attached hydrogens (tertiary/aromatic N) is 3. The van der Waals surface area contributed by atoms with Crippen LogP contribution in [0.2, 0.25) is 0 Å². The van der Waals surface area contributed by atoms with E-state index in [-0.39, 0.29) is 57.0 Å². The van der Waals surface area contributed by atoms with E-state index in [4.69, 9.17) is 28.7 Å². The lowest BCUT2D eigenvalue weighted by Gasteiger charge is -2.32. The first kappa shape index (κ1) is 43.0. The van der Waals surface area contributed by atoms with Crippen molar-refractivity contribution in [3.63, 3.8) is 0 Å². The van der Waals surface area contributed by atoms with E-state index in [0.29, 0.717) is 12.8 Å². The average Bonchev–Trinajstić information content (AvgIpc) is 3.77. The van der Waals surface area contributed by atoms with Crippen LogP contribution in [0.5, 0.6) is 0 Å². The molecule has 0 spiro atoms. The van der Waals surface area contributed by atoms with Crippen LogP contribution in [0.25, 0.3) is 0 Å². The molecule has 2 aliphatic heterocycles. The molecule has 23 heteroatoms. The van der Waals surface area contributed by atoms with Gasteiger partial charge in [0, 0.05) is 25.4 Å². The lowest BCUT2D eigenvalue weighted by atomic mass is 10.1. The first-order chi connectivity index (χ1) is 24.5. The van der Waals surface area contributed by atoms with E-state index in [2.05, 4.69) is 38.9 Å². The topological polar surface area (TPSA) is 371 Å². The highest BCUT2D eigenvalue weighted by Gasteiger charge is 2.44. The Morgan fingerprint density at radius 3 is 1.71 bits per heavy atom. The van der Waals surface area contributed by atoms with Gasteiger partial charge in [-0.25, -0.2) is 4.79 Å². The van der Waals surface area contributed by atoms with Crippen molar-refractivity contribution in [3.8, 4) is 0 Å². The van der Waals surface area contributed by atoms with Gasteiger partial charge in [0.05, 0.1) is 19.4 Å². The van der Waals surface area contributed by atoms with Crippen LogP contribution in [0.3, 0.4) is 0 Å². The molecule has 0 radical (unpaired) electrons. The van der Waals surface area contributed by atoms with Crippen molar-refractivity contribution in [2.24, 2.45) is 33.7 Å². The van der Waals surface area contributed by atoms with Gasteiger partial charge in [0.25, 0.3) is 0 Å². The Hall–Kier alpha value is -5.19. The third-order valence-corrected chi connectivity index (χ3v) is 8.66. The largest absolute Gasteiger partial charge is 0.480 e. The van der Waals surface area contributed by atoms with Gasteiger partial charge in [0.1, 0.15) is 36.3 Å². The number of nitrogens with two attached hydrogens (primary N) is 5. The number of guanidine groups is 1. The summed E-state index contributed by atoms with van der Waals surface area (Å²) in [6.07, 6.45) is -0.0564. The number of carbonyl (C=O) groups is 9. The first-order valence-electron chi connectivity index (χ1n) is 16.5. The van der Waals surface area contributed by atoms with Crippen LogP contribution in [0.4, 0.5) is 0 Å². The van der Waals surface area contributed by atoms with Gasteiger partial charge in [-0.3, -0.25) is 43.3 Å². The predicted octanol–water partition coefficient (Wildman–Crippen LogP) is -6.31. The minimum Gasteiger partial charge on any atom is -0.480 e. The molecule has 2 heterocycles. The molecule has 0 bridgehead atoms. The van der Waals surface area contributed by atoms with Crippen molar-refractivity contribution < 1.29 is 48.3 Å². The Kier molecular flexibility index (Phi) is 17.0. The van der Waals surface area contributed by atoms with Crippen LogP contribution >= 0.6 is 12.6 Å². The average molecular weight is 757 g/mol. The number of aliphatic imine (C=N–C) groups is 1. The molecule has 2 fully saturated rings. The van der Waals surface area contributed by atoms with E-state index in [1.54, 1.807) is 0 Å². The Labute approximate surface area is 304 Å². The number of hydrogen-bond donors (Lipinski definition) is 11. The third kappa shape index (κ3) is 12.9. The Bertz CT molecular complexity index is 1410. The predicted molar refractivity (Wildman–Crippen MR) is 185 cm³/mol. The molecule has 0 unspecified atom stereocenters. The molecule has 8 amide bonds. The summed E-state index contributed by atoms with van der Waals surface area (Å²) in [6.45, 7) is -0.0808. The highest BCUT2D eigenvalue weighted by Crippen LogP contribution is 2.26. The zero-order valence-corrected chi connectivity index (χ0v) is 29.3. The van der Waals surface area contributed by atoms with Crippen molar-refractivity contribution in [1.29, 1.82) is 0 Å². The minimum absolute atomic E-state index is 0.0490. The van der Waals surface area contributed by atoms with Crippen LogP contribution in [-0.4, -0.2) is 142 Å². The molecule has 15 N–H and O–H groups in total. The van der Waals surface area contributed by atoms with Crippen LogP contribution in [0, 0.1) is 0 Å². The molecule has 22 nitrogen and oxygen atoms in total. The third-order valence-electron chi connectivity index (χ3n) is 8.30. The highest BCUT2D eigenvalue weighted by atomic mass is 32.1. The fraction of sp³-hybridized carbons (Fsp3) is 0.655. The molecule has 0 aliphatic carbocycles. The van der Waals surface area contributed by atoms with E-state index in [1.807, 2.05) is 0 Å². The van der Waals surface area contributed by atoms with Gasteiger partial charge >= 0.3 is 5.97 Å². The number of hydrogen-bond acceptors (Lipinski definition) is 12. The fourth-order valence-corrected chi connectivity index (χ4v) is 6.07. The number of aliphatic carboxylic acids is 1. The van der Waals surface area contributed by atoms with Crippen molar-refractivity contribution in [3.05, 3.63) is 0 Å². The molecular formula is C29H48N12O10S. The van der Waals surface area contributed by atoms with Gasteiger partial charge in [-0.15, -0.1) is 0 Å². The van der Waals surface area contributed by atoms with Crippen LogP contribution in [-0.2, 0) is 43.2 Å². The minimum atomic E-state index is -1.74. The summed E-state index contributed by atoms with van der Waals surface area (Å²) in [4.78, 5) is 121. The second kappa shape index (κ2) is 20.6. The van der Waals surface area contributed by atoms with Gasteiger partial charge in [-0.1, -0.05) is 0 Å². The standard InChI is InChI=1S/C29H48N12O10S/c30-12-22(44)36-17(13-52)25(47)39-16(11-21(32)43)24(46)38-15(10-20(31)42)23(45)37-14(4-1-7-35-29(33)34)26(48)40-8-2-5-18(40)27(49)41-9-3-6-19(41)28(50)51/h14-19,52H,1-13,30H2,(H2,31,42)(H2,32,43)(H,36,44)(H,37,45)(H,38,46)(H,39,47)(H,50,51)(H4,33,34,35)/t14-,15-,16-,17-,18-,19-/m0/s1. The maximum Gasteiger partial charge on any atom is 0.326 e. The second-order valence-corrected chi connectivity index (χ2v) is 12.6. The molecule has 0 saturated carbocycles. The van der Waals surface area contributed by atoms with Crippen molar-refractivity contribution in [1.82, 2.24) is 31.1 Å². The molecule has 52 heavy (non-hydrogen) atoms. The van der Waals surface area contributed by atoms with Crippen molar-refractivity contribution >= 4 is 71.8 Å². The normalized spacial score (nSPS) is 19.0. The summed E-state index contributed by atoms with van der Waals surface area (Å²) in [7, 11) is 0. The second-order valence-electron chi connectivity index (χ2n) is 12.2. The van der Waals surface area contributed by atoms with Gasteiger partial charge in [0.15, 0.2) is 5.96 Å². The van der Waals surface area contributed by atoms with Crippen molar-refractivity contribution in [2.75, 3.05) is 31.9 Å². The number of primary amides is 2. The van der Waals surface area contributed by atoms with Gasteiger partial charge in [-0.2, -0.15) is 12.6 Å². The molecule has 0 aromatic rings. The zero-order valence-electron chi connectivity index (χ0n) is 28.5. The number of carboxylic acids is 1. The smallest absolute Gasteiger partial charge is 0.326 e.